The third-order valence-electron chi connectivity index (χ3n) is 4.99. The van der Waals surface area contributed by atoms with Crippen LogP contribution >= 0.6 is 11.5 Å². The van der Waals surface area contributed by atoms with Crippen molar-refractivity contribution in [2.24, 2.45) is 0 Å². The number of hydrogen-bond acceptors (Lipinski definition) is 7. The van der Waals surface area contributed by atoms with Crippen LogP contribution in [0.5, 0.6) is 0 Å². The molecule has 7 nitrogen and oxygen atoms in total. The maximum Gasteiger partial charge on any atom is 0.407 e. The number of nitrogens with one attached hydrogen (secondary N) is 2. The molecule has 0 bridgehead atoms. The van der Waals surface area contributed by atoms with Crippen LogP contribution in [-0.4, -0.2) is 45.6 Å². The van der Waals surface area contributed by atoms with Crippen molar-refractivity contribution in [3.05, 3.63) is 71.7 Å². The number of nitrogens with zero attached hydrogens (tertiary/aromatic N) is 2. The van der Waals surface area contributed by atoms with Crippen molar-refractivity contribution in [1.82, 2.24) is 20.2 Å². The molecular formula is C21H21FN4O3S. The van der Waals surface area contributed by atoms with Gasteiger partial charge in [-0.3, -0.25) is 0 Å². The number of hydrogen-bond donors (Lipinski definition) is 3. The number of alkyl carbamates (subject to hydrolysis) is 1. The fourth-order valence-electron chi connectivity index (χ4n) is 3.46. The van der Waals surface area contributed by atoms with Crippen LogP contribution in [0.3, 0.4) is 0 Å². The lowest BCUT2D eigenvalue weighted by molar-refractivity contribution is 0.0188. The molecule has 0 radical (unpaired) electrons. The van der Waals surface area contributed by atoms with Gasteiger partial charge >= 0.3 is 6.09 Å². The highest BCUT2D eigenvalue weighted by atomic mass is 32.1. The maximum absolute atomic E-state index is 13.2. The van der Waals surface area contributed by atoms with Crippen molar-refractivity contribution < 1.29 is 19.0 Å². The van der Waals surface area contributed by atoms with Crippen molar-refractivity contribution in [3.8, 4) is 10.4 Å². The van der Waals surface area contributed by atoms with Crippen molar-refractivity contribution in [1.29, 1.82) is 0 Å². The molecule has 3 atom stereocenters. The summed E-state index contributed by atoms with van der Waals surface area (Å²) in [6.45, 7) is 0.489. The molecule has 0 saturated carbocycles. The van der Waals surface area contributed by atoms with Crippen molar-refractivity contribution in [3.63, 3.8) is 0 Å². The lowest BCUT2D eigenvalue weighted by Gasteiger charge is -2.22. The van der Waals surface area contributed by atoms with Gasteiger partial charge in [-0.2, -0.15) is 0 Å². The van der Waals surface area contributed by atoms with Gasteiger partial charge in [-0.15, -0.1) is 5.10 Å². The quantitative estimate of drug-likeness (QED) is 0.558. The fourth-order valence-corrected chi connectivity index (χ4v) is 3.98. The van der Waals surface area contributed by atoms with Crippen LogP contribution in [-0.2, 0) is 17.7 Å². The average Bonchev–Trinajstić information content (AvgIpc) is 3.39. The number of aliphatic hydroxyl groups excluding tert-OH is 1. The number of carbonyl (C=O) groups excluding carboxylic acids is 1. The second kappa shape index (κ2) is 9.29. The monoisotopic (exact) mass is 428 g/mol. The molecule has 156 valence electrons. The summed E-state index contributed by atoms with van der Waals surface area (Å²) >= 11 is 1.33. The first-order valence-electron chi connectivity index (χ1n) is 9.55. The van der Waals surface area contributed by atoms with E-state index in [9.17, 15) is 14.3 Å². The molecule has 1 aromatic heterocycles. The Bertz CT molecular complexity index is 984. The van der Waals surface area contributed by atoms with E-state index in [2.05, 4.69) is 20.2 Å². The van der Waals surface area contributed by atoms with Crippen LogP contribution in [0.25, 0.3) is 10.4 Å². The van der Waals surface area contributed by atoms with Gasteiger partial charge in [0.15, 0.2) is 0 Å². The van der Waals surface area contributed by atoms with E-state index in [0.717, 1.165) is 16.0 Å². The van der Waals surface area contributed by atoms with Gasteiger partial charge in [-0.05, 0) is 46.8 Å². The molecule has 3 aromatic rings. The average molecular weight is 428 g/mol. The molecule has 1 amide bonds. The lowest BCUT2D eigenvalue weighted by atomic mass is 10.0. The Kier molecular flexibility index (Phi) is 6.32. The first kappa shape index (κ1) is 20.4. The number of ether oxygens (including phenoxy) is 1. The molecule has 0 spiro atoms. The Hall–Kier alpha value is -2.88. The Morgan fingerprint density at radius 2 is 2.10 bits per heavy atom. The zero-order chi connectivity index (χ0) is 20.9. The van der Waals surface area contributed by atoms with Crippen molar-refractivity contribution in [2.45, 2.75) is 31.2 Å². The van der Waals surface area contributed by atoms with Gasteiger partial charge in [0, 0.05) is 13.1 Å². The molecule has 0 aliphatic carbocycles. The highest BCUT2D eigenvalue weighted by Crippen LogP contribution is 2.23. The summed E-state index contributed by atoms with van der Waals surface area (Å²) in [6.07, 6.45) is 0.200. The first-order valence-corrected chi connectivity index (χ1v) is 10.3. The third kappa shape index (κ3) is 4.99. The molecular weight excluding hydrogens is 407 g/mol. The summed E-state index contributed by atoms with van der Waals surface area (Å²) < 4.78 is 22.6. The highest BCUT2D eigenvalue weighted by Gasteiger charge is 2.37. The molecule has 2 heterocycles. The summed E-state index contributed by atoms with van der Waals surface area (Å²) in [5.74, 6) is -0.365. The van der Waals surface area contributed by atoms with E-state index in [0.29, 0.717) is 18.5 Å². The number of benzene rings is 2. The van der Waals surface area contributed by atoms with E-state index in [1.165, 1.54) is 23.7 Å². The molecule has 1 fully saturated rings. The number of β-amino-alcohol motifs (C(OH)–C–C–N with tert-alkyl or cyclic N) is 1. The number of amides is 1. The van der Waals surface area contributed by atoms with Crippen LogP contribution in [0.4, 0.5) is 9.18 Å². The second-order valence-electron chi connectivity index (χ2n) is 7.12. The summed E-state index contributed by atoms with van der Waals surface area (Å²) in [5.41, 5.74) is 2.72. The van der Waals surface area contributed by atoms with Crippen molar-refractivity contribution in [2.75, 3.05) is 6.54 Å². The lowest BCUT2D eigenvalue weighted by Crippen LogP contribution is -2.41. The Balaban J connectivity index is 1.33. The molecule has 3 N–H and O–H groups in total. The normalized spacial score (nSPS) is 20.8. The summed E-state index contributed by atoms with van der Waals surface area (Å²) in [7, 11) is 0. The zero-order valence-electron chi connectivity index (χ0n) is 16.0. The summed E-state index contributed by atoms with van der Waals surface area (Å²) in [5, 5.41) is 19.9. The van der Waals surface area contributed by atoms with E-state index in [1.807, 2.05) is 24.3 Å². The van der Waals surface area contributed by atoms with Crippen LogP contribution < -0.4 is 10.6 Å². The predicted octanol–water partition coefficient (Wildman–Crippen LogP) is 2.51. The van der Waals surface area contributed by atoms with E-state index in [-0.39, 0.29) is 18.4 Å². The van der Waals surface area contributed by atoms with Gasteiger partial charge in [0.1, 0.15) is 18.0 Å². The Morgan fingerprint density at radius 1 is 1.27 bits per heavy atom. The minimum Gasteiger partial charge on any atom is -0.442 e. The molecule has 30 heavy (non-hydrogen) atoms. The number of rotatable bonds is 6. The van der Waals surface area contributed by atoms with Gasteiger partial charge in [-0.1, -0.05) is 40.9 Å². The second-order valence-corrected chi connectivity index (χ2v) is 7.90. The topological polar surface area (TPSA) is 96.4 Å². The highest BCUT2D eigenvalue weighted by molar-refractivity contribution is 7.09. The Morgan fingerprint density at radius 3 is 2.83 bits per heavy atom. The number of aromatic nitrogens is 2. The largest absolute Gasteiger partial charge is 0.442 e. The zero-order valence-corrected chi connectivity index (χ0v) is 16.8. The fraction of sp³-hybridized carbons (Fsp3) is 0.286. The van der Waals surface area contributed by atoms with E-state index >= 15 is 0 Å². The molecule has 2 aromatic carbocycles. The summed E-state index contributed by atoms with van der Waals surface area (Å²) in [6, 6.07) is 13.8. The number of carbonyl (C=O) groups is 1. The standard InChI is InChI=1S/C21H21FN4O3S/c22-16-3-1-2-14(8-16)10-24-21(28)29-20-17(23-11-18(20)27)9-13-4-6-15(7-5-13)19-12-25-26-30-19/h1-8,12,17-18,20,23,27H,9-11H2,(H,24,28)/t17-,18+,20+/m1/s1. The van der Waals surface area contributed by atoms with Crippen LogP contribution in [0.2, 0.25) is 0 Å². The van der Waals surface area contributed by atoms with Gasteiger partial charge in [-0.25, -0.2) is 9.18 Å². The maximum atomic E-state index is 13.2. The van der Waals surface area contributed by atoms with Crippen LogP contribution in [0, 0.1) is 5.82 Å². The SMILES string of the molecule is O=C(NCc1cccc(F)c1)O[C@@H]1[C@@H](O)CN[C@@H]1Cc1ccc(-c2cnns2)cc1. The van der Waals surface area contributed by atoms with Gasteiger partial charge < -0.3 is 20.5 Å². The molecule has 4 rings (SSSR count). The van der Waals surface area contributed by atoms with Gasteiger partial charge in [0.25, 0.3) is 0 Å². The molecule has 0 unspecified atom stereocenters. The van der Waals surface area contributed by atoms with E-state index < -0.39 is 18.3 Å². The molecule has 1 saturated heterocycles. The minimum absolute atomic E-state index is 0.144. The van der Waals surface area contributed by atoms with Gasteiger partial charge in [0.2, 0.25) is 0 Å². The van der Waals surface area contributed by atoms with Crippen LogP contribution in [0.15, 0.2) is 54.7 Å². The van der Waals surface area contributed by atoms with E-state index in [4.69, 9.17) is 4.74 Å². The summed E-state index contributed by atoms with van der Waals surface area (Å²) in [4.78, 5) is 13.2. The van der Waals surface area contributed by atoms with Gasteiger partial charge in [0.05, 0.1) is 17.1 Å². The molecule has 1 aliphatic heterocycles. The predicted molar refractivity (Wildman–Crippen MR) is 110 cm³/mol. The van der Waals surface area contributed by atoms with Crippen LogP contribution in [0.1, 0.15) is 11.1 Å². The van der Waals surface area contributed by atoms with E-state index in [1.54, 1.807) is 18.3 Å². The van der Waals surface area contributed by atoms with Crippen molar-refractivity contribution >= 4 is 17.6 Å². The number of aliphatic hydroxyl groups is 1. The first-order chi connectivity index (χ1) is 14.6. The molecule has 9 heteroatoms. The smallest absolute Gasteiger partial charge is 0.407 e. The third-order valence-corrected chi connectivity index (χ3v) is 5.70. The Labute approximate surface area is 177 Å². The number of halogens is 1. The molecule has 1 aliphatic rings. The minimum atomic E-state index is -0.794.